The first-order valence-corrected chi connectivity index (χ1v) is 14.6. The van der Waals surface area contributed by atoms with Gasteiger partial charge in [0.15, 0.2) is 11.5 Å². The molecule has 0 fully saturated rings. The Morgan fingerprint density at radius 2 is 1.82 bits per heavy atom. The molecule has 3 aromatic heterocycles. The number of benzene rings is 1. The number of unbranched alkanes of at least 4 members (excludes halogenated alkanes) is 1. The van der Waals surface area contributed by atoms with Crippen LogP contribution in [0.15, 0.2) is 66.1 Å². The van der Waals surface area contributed by atoms with Gasteiger partial charge in [-0.25, -0.2) is 24.1 Å². The molecule has 3 heterocycles. The number of rotatable bonds is 12. The molecule has 3 N–H and O–H groups in total. The molecule has 1 aromatic carbocycles. The average Bonchev–Trinajstić information content (AvgIpc) is 3.22. The Morgan fingerprint density at radius 3 is 2.48 bits per heavy atom. The van der Waals surface area contributed by atoms with Crippen LogP contribution in [0.5, 0.6) is 0 Å². The number of nitrogens with one attached hydrogen (secondary N) is 2. The van der Waals surface area contributed by atoms with Crippen LogP contribution in [0, 0.1) is 0 Å². The summed E-state index contributed by atoms with van der Waals surface area (Å²) in [4.78, 5) is 40.9. The molecule has 0 aliphatic rings. The number of pyridine rings is 1. The smallest absolute Gasteiger partial charge is 0.407 e. The minimum absolute atomic E-state index is 0.238. The van der Waals surface area contributed by atoms with Crippen molar-refractivity contribution in [1.29, 1.82) is 0 Å². The highest BCUT2D eigenvalue weighted by Crippen LogP contribution is 2.23. The molecule has 0 unspecified atom stereocenters. The zero-order chi connectivity index (χ0) is 32.1. The van der Waals surface area contributed by atoms with Crippen molar-refractivity contribution in [1.82, 2.24) is 29.6 Å². The van der Waals surface area contributed by atoms with Crippen molar-refractivity contribution in [2.75, 3.05) is 30.4 Å². The fraction of sp³-hybridized carbons (Fsp3) is 0.406. The van der Waals surface area contributed by atoms with Crippen molar-refractivity contribution in [2.45, 2.75) is 65.2 Å². The number of nitrogens with zero attached hydrogens (tertiary/aromatic N) is 6. The number of carbonyl (C=O) groups excluding carboxylic acids is 1. The number of aromatic nitrogens is 5. The molecule has 0 bridgehead atoms. The number of carbonyl (C=O) groups is 1. The van der Waals surface area contributed by atoms with Crippen molar-refractivity contribution in [3.8, 4) is 5.82 Å². The summed E-state index contributed by atoms with van der Waals surface area (Å²) in [5.74, 6) is 0.760. The second kappa shape index (κ2) is 13.3. The van der Waals surface area contributed by atoms with Crippen LogP contribution >= 0.6 is 0 Å². The molecular weight excluding hydrogens is 560 g/mol. The first-order chi connectivity index (χ1) is 20.8. The SMILES string of the molecule is C=CCn1c(=O)c2cnc(Nc3ccc(N(C)CCCCNC(=O)OC(C)(C)C)cc3)nc2n1-c1cccc(C(C)(C)O)n1. The topological polar surface area (TPSA) is 139 Å². The van der Waals surface area contributed by atoms with E-state index in [-0.39, 0.29) is 12.1 Å². The Labute approximate surface area is 257 Å². The van der Waals surface area contributed by atoms with Gasteiger partial charge in [-0.1, -0.05) is 12.1 Å². The highest BCUT2D eigenvalue weighted by Gasteiger charge is 2.22. The summed E-state index contributed by atoms with van der Waals surface area (Å²) in [7, 11) is 2.02. The third-order valence-corrected chi connectivity index (χ3v) is 6.71. The van der Waals surface area contributed by atoms with Crippen LogP contribution in [0.1, 0.15) is 53.2 Å². The zero-order valence-electron chi connectivity index (χ0n) is 26.3. The van der Waals surface area contributed by atoms with Gasteiger partial charge in [0.1, 0.15) is 16.6 Å². The normalized spacial score (nSPS) is 11.8. The number of fused-ring (bicyclic) bond motifs is 1. The van der Waals surface area contributed by atoms with Gasteiger partial charge in [-0.3, -0.25) is 4.79 Å². The van der Waals surface area contributed by atoms with Gasteiger partial charge in [0, 0.05) is 37.7 Å². The molecule has 12 nitrogen and oxygen atoms in total. The number of allylic oxidation sites excluding steroid dienone is 1. The van der Waals surface area contributed by atoms with Crippen LogP contribution in [0.2, 0.25) is 0 Å². The van der Waals surface area contributed by atoms with E-state index in [0.717, 1.165) is 30.8 Å². The predicted molar refractivity (Wildman–Crippen MR) is 173 cm³/mol. The Hall–Kier alpha value is -4.71. The van der Waals surface area contributed by atoms with Gasteiger partial charge in [-0.15, -0.1) is 6.58 Å². The number of hydrogen-bond acceptors (Lipinski definition) is 9. The van der Waals surface area contributed by atoms with Gasteiger partial charge in [0.05, 0.1) is 12.2 Å². The number of anilines is 3. The minimum Gasteiger partial charge on any atom is -0.444 e. The average molecular weight is 603 g/mol. The first kappa shape index (κ1) is 32.2. The summed E-state index contributed by atoms with van der Waals surface area (Å²) >= 11 is 0. The largest absolute Gasteiger partial charge is 0.444 e. The van der Waals surface area contributed by atoms with E-state index in [1.807, 2.05) is 52.1 Å². The van der Waals surface area contributed by atoms with Crippen molar-refractivity contribution >= 4 is 34.4 Å². The maximum absolute atomic E-state index is 13.2. The summed E-state index contributed by atoms with van der Waals surface area (Å²) in [5, 5.41) is 16.9. The van der Waals surface area contributed by atoms with Crippen LogP contribution < -0.4 is 21.1 Å². The molecule has 0 aliphatic heterocycles. The predicted octanol–water partition coefficient (Wildman–Crippen LogP) is 4.88. The van der Waals surface area contributed by atoms with E-state index in [4.69, 9.17) is 4.74 Å². The van der Waals surface area contributed by atoms with E-state index in [1.54, 1.807) is 42.8 Å². The Balaban J connectivity index is 1.46. The third-order valence-electron chi connectivity index (χ3n) is 6.71. The van der Waals surface area contributed by atoms with Gasteiger partial charge < -0.3 is 25.4 Å². The lowest BCUT2D eigenvalue weighted by Gasteiger charge is -2.21. The molecule has 1 amide bonds. The fourth-order valence-electron chi connectivity index (χ4n) is 4.53. The van der Waals surface area contributed by atoms with Crippen molar-refractivity contribution in [3.05, 3.63) is 77.4 Å². The van der Waals surface area contributed by atoms with Crippen LogP contribution in [-0.4, -0.2) is 61.3 Å². The Bertz CT molecular complexity index is 1660. The molecular formula is C32H42N8O4. The first-order valence-electron chi connectivity index (χ1n) is 14.6. The zero-order valence-corrected chi connectivity index (χ0v) is 26.3. The van der Waals surface area contributed by atoms with E-state index in [0.29, 0.717) is 35.0 Å². The maximum atomic E-state index is 13.2. The molecule has 4 rings (SSSR count). The number of ether oxygens (including phenoxy) is 1. The van der Waals surface area contributed by atoms with E-state index in [1.165, 1.54) is 10.9 Å². The van der Waals surface area contributed by atoms with Crippen LogP contribution in [0.4, 0.5) is 22.1 Å². The fourth-order valence-corrected chi connectivity index (χ4v) is 4.53. The van der Waals surface area contributed by atoms with Gasteiger partial charge in [0.2, 0.25) is 5.95 Å². The van der Waals surface area contributed by atoms with E-state index in [2.05, 4.69) is 37.1 Å². The van der Waals surface area contributed by atoms with E-state index >= 15 is 0 Å². The maximum Gasteiger partial charge on any atom is 0.407 e. The number of amides is 1. The highest BCUT2D eigenvalue weighted by molar-refractivity contribution is 5.77. The van der Waals surface area contributed by atoms with Gasteiger partial charge in [-0.2, -0.15) is 4.98 Å². The number of aliphatic hydroxyl groups is 1. The van der Waals surface area contributed by atoms with Crippen LogP contribution in [0.3, 0.4) is 0 Å². The Kier molecular flexibility index (Phi) is 9.73. The third kappa shape index (κ3) is 8.01. The summed E-state index contributed by atoms with van der Waals surface area (Å²) in [5.41, 5.74) is 0.729. The lowest BCUT2D eigenvalue weighted by atomic mass is 10.1. The van der Waals surface area contributed by atoms with E-state index in [9.17, 15) is 14.7 Å². The van der Waals surface area contributed by atoms with Gasteiger partial charge in [-0.05, 0) is 83.9 Å². The molecule has 44 heavy (non-hydrogen) atoms. The van der Waals surface area contributed by atoms with E-state index < -0.39 is 17.3 Å². The Morgan fingerprint density at radius 1 is 1.09 bits per heavy atom. The molecule has 0 radical (unpaired) electrons. The molecule has 0 spiro atoms. The lowest BCUT2D eigenvalue weighted by Crippen LogP contribution is -2.33. The van der Waals surface area contributed by atoms with Crippen molar-refractivity contribution in [2.24, 2.45) is 0 Å². The molecule has 0 saturated carbocycles. The van der Waals surface area contributed by atoms with Crippen LogP contribution in [-0.2, 0) is 16.9 Å². The summed E-state index contributed by atoms with van der Waals surface area (Å²) < 4.78 is 8.38. The second-order valence-electron chi connectivity index (χ2n) is 12.1. The molecule has 0 aliphatic carbocycles. The molecule has 4 aromatic rings. The summed E-state index contributed by atoms with van der Waals surface area (Å²) in [6.45, 7) is 14.2. The summed E-state index contributed by atoms with van der Waals surface area (Å²) in [6.07, 6.45) is 4.47. The molecule has 0 saturated heterocycles. The molecule has 0 atom stereocenters. The standard InChI is InChI=1S/C32H42N8O4/c1-8-19-39-28(41)24-21-34-29(37-27(24)40(39)26-13-11-12-25(36-26)32(5,6)43)35-22-14-16-23(17-15-22)38(7)20-10-9-18-33-30(42)44-31(2,3)4/h8,11-17,21,43H,1,9-10,18-20H2,2-7H3,(H,33,42)(H,34,35,37). The molecule has 234 valence electrons. The van der Waals surface area contributed by atoms with Crippen molar-refractivity contribution < 1.29 is 14.6 Å². The van der Waals surface area contributed by atoms with Gasteiger partial charge >= 0.3 is 6.09 Å². The highest BCUT2D eigenvalue weighted by atomic mass is 16.6. The monoisotopic (exact) mass is 602 g/mol. The van der Waals surface area contributed by atoms with Gasteiger partial charge in [0.25, 0.3) is 5.56 Å². The molecule has 12 heteroatoms. The summed E-state index contributed by atoms with van der Waals surface area (Å²) in [6, 6.07) is 13.2. The lowest BCUT2D eigenvalue weighted by molar-refractivity contribution is 0.0527. The van der Waals surface area contributed by atoms with Crippen molar-refractivity contribution in [3.63, 3.8) is 0 Å². The second-order valence-corrected chi connectivity index (χ2v) is 12.1. The van der Waals surface area contributed by atoms with Crippen LogP contribution in [0.25, 0.3) is 16.9 Å². The quantitative estimate of drug-likeness (QED) is 0.153. The number of alkyl carbamates (subject to hydrolysis) is 1. The minimum atomic E-state index is -1.16. The number of hydrogen-bond donors (Lipinski definition) is 3.